The lowest BCUT2D eigenvalue weighted by molar-refractivity contribution is -0.139. The molecule has 0 saturated carbocycles. The highest BCUT2D eigenvalue weighted by atomic mass is 79.9. The van der Waals surface area contributed by atoms with Gasteiger partial charge in [-0.2, -0.15) is 0 Å². The Bertz CT molecular complexity index is 1990. The van der Waals surface area contributed by atoms with Gasteiger partial charge in [0, 0.05) is 35.4 Å². The van der Waals surface area contributed by atoms with E-state index in [1.807, 2.05) is 49.3 Å². The van der Waals surface area contributed by atoms with Crippen LogP contribution in [0, 0.1) is 0 Å². The van der Waals surface area contributed by atoms with Gasteiger partial charge in [-0.05, 0) is 83.4 Å². The van der Waals surface area contributed by atoms with Crippen LogP contribution in [0.4, 0.5) is 5.69 Å². The number of hydrogen-bond acceptors (Lipinski definition) is 8. The van der Waals surface area contributed by atoms with Crippen molar-refractivity contribution in [1.82, 2.24) is 4.57 Å². The molecule has 0 unspecified atom stereocenters. The summed E-state index contributed by atoms with van der Waals surface area (Å²) in [7, 11) is 5.45. The van der Waals surface area contributed by atoms with Gasteiger partial charge in [-0.25, -0.2) is 9.79 Å². The van der Waals surface area contributed by atoms with Crippen LogP contribution in [-0.4, -0.2) is 38.3 Å². The number of anilines is 1. The number of allylic oxidation sites excluding steroid dienone is 1. The van der Waals surface area contributed by atoms with Gasteiger partial charge in [0.25, 0.3) is 5.56 Å². The van der Waals surface area contributed by atoms with Crippen LogP contribution in [0.15, 0.2) is 80.1 Å². The third kappa shape index (κ3) is 6.84. The number of rotatable bonds is 9. The molecule has 12 heteroatoms. The molecule has 0 aliphatic carbocycles. The molecule has 2 heterocycles. The van der Waals surface area contributed by atoms with Crippen LogP contribution < -0.4 is 29.3 Å². The Hall–Kier alpha value is -3.57. The molecule has 0 fully saturated rings. The number of carbonyl (C=O) groups excluding carboxylic acids is 1. The smallest absolute Gasteiger partial charge is 0.338 e. The summed E-state index contributed by atoms with van der Waals surface area (Å²) in [5.41, 5.74) is 3.81. The summed E-state index contributed by atoms with van der Waals surface area (Å²) >= 11 is 17.2. The SMILES string of the molecule is CCOC(=O)C1=C(C)N=c2sc(=Cc3cc(Br)c(OCc4ccc(Cl)cc4Cl)c(OC)c3)c(=O)n2[C@H]1c1ccc(N(C)C)cc1. The van der Waals surface area contributed by atoms with Crippen molar-refractivity contribution in [3.05, 3.63) is 117 Å². The molecule has 0 amide bonds. The first-order chi connectivity index (χ1) is 21.5. The van der Waals surface area contributed by atoms with Gasteiger partial charge >= 0.3 is 5.97 Å². The minimum absolute atomic E-state index is 0.195. The molecule has 4 aromatic rings. The monoisotopic (exact) mass is 729 g/mol. The Morgan fingerprint density at radius 2 is 1.87 bits per heavy atom. The zero-order valence-electron chi connectivity index (χ0n) is 25.2. The van der Waals surface area contributed by atoms with E-state index in [0.717, 1.165) is 16.8 Å². The maximum absolute atomic E-state index is 14.0. The number of carbonyl (C=O) groups is 1. The molecule has 0 N–H and O–H groups in total. The minimum Gasteiger partial charge on any atom is -0.493 e. The van der Waals surface area contributed by atoms with Crippen LogP contribution in [0.3, 0.4) is 0 Å². The number of thiazole rings is 1. The maximum Gasteiger partial charge on any atom is 0.338 e. The van der Waals surface area contributed by atoms with Gasteiger partial charge in [0.2, 0.25) is 0 Å². The predicted octanol–water partition coefficient (Wildman–Crippen LogP) is 6.52. The van der Waals surface area contributed by atoms with Crippen molar-refractivity contribution >= 4 is 68.2 Å². The lowest BCUT2D eigenvalue weighted by atomic mass is 9.95. The second-order valence-corrected chi connectivity index (χ2v) is 13.1. The Balaban J connectivity index is 1.57. The predicted molar refractivity (Wildman–Crippen MR) is 183 cm³/mol. The highest BCUT2D eigenvalue weighted by molar-refractivity contribution is 9.10. The van der Waals surface area contributed by atoms with Crippen LogP contribution in [-0.2, 0) is 16.1 Å². The van der Waals surface area contributed by atoms with Crippen molar-refractivity contribution in [3.8, 4) is 11.5 Å². The molecule has 0 saturated heterocycles. The first-order valence-electron chi connectivity index (χ1n) is 13.9. The van der Waals surface area contributed by atoms with E-state index in [-0.39, 0.29) is 18.8 Å². The van der Waals surface area contributed by atoms with Gasteiger partial charge < -0.3 is 19.1 Å². The van der Waals surface area contributed by atoms with E-state index in [0.29, 0.717) is 52.2 Å². The Kier molecular flexibility index (Phi) is 10.1. The number of esters is 1. The van der Waals surface area contributed by atoms with Crippen LogP contribution in [0.5, 0.6) is 11.5 Å². The second kappa shape index (κ2) is 13.8. The highest BCUT2D eigenvalue weighted by Crippen LogP contribution is 2.38. The second-order valence-electron chi connectivity index (χ2n) is 10.3. The van der Waals surface area contributed by atoms with E-state index < -0.39 is 12.0 Å². The van der Waals surface area contributed by atoms with Crippen molar-refractivity contribution in [2.24, 2.45) is 4.99 Å². The maximum atomic E-state index is 14.0. The van der Waals surface area contributed by atoms with Gasteiger partial charge in [0.05, 0.1) is 40.0 Å². The average Bonchev–Trinajstić information content (AvgIpc) is 3.30. The summed E-state index contributed by atoms with van der Waals surface area (Å²) in [6, 6.07) is 15.9. The lowest BCUT2D eigenvalue weighted by Crippen LogP contribution is -2.39. The number of methoxy groups -OCH3 is 1. The minimum atomic E-state index is -0.699. The molecule has 1 aromatic heterocycles. The van der Waals surface area contributed by atoms with E-state index >= 15 is 0 Å². The van der Waals surface area contributed by atoms with Crippen LogP contribution in [0.2, 0.25) is 10.0 Å². The zero-order chi connectivity index (χ0) is 32.4. The summed E-state index contributed by atoms with van der Waals surface area (Å²) in [4.78, 5) is 34.4. The summed E-state index contributed by atoms with van der Waals surface area (Å²) in [5, 5.41) is 1.04. The normalized spacial score (nSPS) is 14.6. The standard InChI is InChI=1S/C33H30BrCl2N3O5S/c1-6-43-32(41)28-18(2)37-33-39(29(28)20-8-11-23(12-9-20)38(3)4)31(40)27(45-33)15-19-13-24(34)30(26(14-19)42-5)44-17-21-7-10-22(35)16-25(21)36/h7-16,29H,6,17H2,1-5H3/t29-/m0/s1. The quantitative estimate of drug-likeness (QED) is 0.183. The Labute approximate surface area is 282 Å². The number of hydrogen-bond donors (Lipinski definition) is 0. The Morgan fingerprint density at radius 3 is 2.51 bits per heavy atom. The average molecular weight is 731 g/mol. The molecule has 3 aromatic carbocycles. The van der Waals surface area contributed by atoms with Crippen molar-refractivity contribution in [2.45, 2.75) is 26.5 Å². The zero-order valence-corrected chi connectivity index (χ0v) is 29.1. The van der Waals surface area contributed by atoms with Gasteiger partial charge in [0.15, 0.2) is 16.3 Å². The number of aromatic nitrogens is 1. The van der Waals surface area contributed by atoms with Gasteiger partial charge in [0.1, 0.15) is 6.61 Å². The fraction of sp³-hybridized carbons (Fsp3) is 0.242. The van der Waals surface area contributed by atoms with Gasteiger partial charge in [-0.3, -0.25) is 9.36 Å². The van der Waals surface area contributed by atoms with Gasteiger partial charge in [-0.15, -0.1) is 0 Å². The van der Waals surface area contributed by atoms with Gasteiger partial charge in [-0.1, -0.05) is 52.7 Å². The van der Waals surface area contributed by atoms with E-state index in [1.54, 1.807) is 55.9 Å². The van der Waals surface area contributed by atoms with E-state index in [9.17, 15) is 9.59 Å². The lowest BCUT2D eigenvalue weighted by Gasteiger charge is -2.25. The number of halogens is 3. The highest BCUT2D eigenvalue weighted by Gasteiger charge is 2.33. The number of ether oxygens (including phenoxy) is 3. The Morgan fingerprint density at radius 1 is 1.13 bits per heavy atom. The first kappa shape index (κ1) is 32.8. The fourth-order valence-electron chi connectivity index (χ4n) is 4.96. The van der Waals surface area contributed by atoms with E-state index in [2.05, 4.69) is 20.9 Å². The van der Waals surface area contributed by atoms with Crippen molar-refractivity contribution in [1.29, 1.82) is 0 Å². The molecule has 45 heavy (non-hydrogen) atoms. The van der Waals surface area contributed by atoms with E-state index in [1.165, 1.54) is 11.3 Å². The molecule has 1 aliphatic rings. The third-order valence-corrected chi connectivity index (χ3v) is 9.34. The first-order valence-corrected chi connectivity index (χ1v) is 16.3. The number of fused-ring (bicyclic) bond motifs is 1. The van der Waals surface area contributed by atoms with Crippen LogP contribution >= 0.6 is 50.5 Å². The molecule has 0 spiro atoms. The van der Waals surface area contributed by atoms with Crippen LogP contribution in [0.25, 0.3) is 6.08 Å². The molecule has 0 radical (unpaired) electrons. The molecular formula is C33H30BrCl2N3O5S. The molecule has 5 rings (SSSR count). The summed E-state index contributed by atoms with van der Waals surface area (Å²) in [6.45, 7) is 3.91. The molecule has 234 valence electrons. The van der Waals surface area contributed by atoms with E-state index in [4.69, 9.17) is 37.4 Å². The number of nitrogens with zero attached hydrogens (tertiary/aromatic N) is 3. The summed E-state index contributed by atoms with van der Waals surface area (Å²) in [6.07, 6.45) is 1.77. The van der Waals surface area contributed by atoms with Crippen molar-refractivity contribution in [3.63, 3.8) is 0 Å². The summed E-state index contributed by atoms with van der Waals surface area (Å²) in [5.74, 6) is 0.449. The number of benzene rings is 3. The van der Waals surface area contributed by atoms with Crippen molar-refractivity contribution < 1.29 is 19.0 Å². The molecule has 8 nitrogen and oxygen atoms in total. The molecule has 0 bridgehead atoms. The van der Waals surface area contributed by atoms with Crippen molar-refractivity contribution in [2.75, 3.05) is 32.7 Å². The fourth-order valence-corrected chi connectivity index (χ4v) is 7.05. The molecular weight excluding hydrogens is 701 g/mol. The topological polar surface area (TPSA) is 82.4 Å². The molecule has 1 atom stereocenters. The largest absolute Gasteiger partial charge is 0.493 e. The third-order valence-electron chi connectivity index (χ3n) is 7.18. The summed E-state index contributed by atoms with van der Waals surface area (Å²) < 4.78 is 19.8. The van der Waals surface area contributed by atoms with Crippen LogP contribution in [0.1, 0.15) is 36.6 Å². The molecule has 1 aliphatic heterocycles.